The van der Waals surface area contributed by atoms with Crippen LogP contribution in [0.2, 0.25) is 0 Å². The van der Waals surface area contributed by atoms with Crippen LogP contribution >= 0.6 is 0 Å². The van der Waals surface area contributed by atoms with Crippen LogP contribution in [0.5, 0.6) is 17.2 Å². The van der Waals surface area contributed by atoms with E-state index >= 15 is 0 Å². The molecule has 1 aromatic heterocycles. The average Bonchev–Trinajstić information content (AvgIpc) is 3.02. The molecule has 5 heteroatoms. The summed E-state index contributed by atoms with van der Waals surface area (Å²) in [6.45, 7) is 9.07. The quantitative estimate of drug-likeness (QED) is 0.317. The molecule has 4 rings (SSSR count). The Labute approximate surface area is 194 Å². The van der Waals surface area contributed by atoms with E-state index in [0.29, 0.717) is 13.2 Å². The molecule has 0 saturated carbocycles. The topological polar surface area (TPSA) is 53.2 Å². The highest BCUT2D eigenvalue weighted by molar-refractivity contribution is 5.93. The van der Waals surface area contributed by atoms with Crippen molar-refractivity contribution >= 4 is 16.5 Å². The molecule has 0 aliphatic heterocycles. The summed E-state index contributed by atoms with van der Waals surface area (Å²) in [5.41, 5.74) is 2.88. The minimum absolute atomic E-state index is 0.552. The molecule has 0 fully saturated rings. The first-order chi connectivity index (χ1) is 16.0. The van der Waals surface area contributed by atoms with E-state index in [2.05, 4.69) is 12.1 Å². The SMILES string of the molecule is CCOc1ccc(N=c2cc(-c3ccc(OC)cc3)cc(OCC)c3c(C)oc(C)c23)cc1. The lowest BCUT2D eigenvalue weighted by atomic mass is 10.1. The molecule has 170 valence electrons. The van der Waals surface area contributed by atoms with Gasteiger partial charge < -0.3 is 18.6 Å². The van der Waals surface area contributed by atoms with E-state index in [1.54, 1.807) is 7.11 Å². The first kappa shape index (κ1) is 22.5. The van der Waals surface area contributed by atoms with Crippen LogP contribution < -0.4 is 19.6 Å². The zero-order chi connectivity index (χ0) is 23.4. The van der Waals surface area contributed by atoms with Gasteiger partial charge in [0.1, 0.15) is 28.8 Å². The summed E-state index contributed by atoms with van der Waals surface area (Å²) in [7, 11) is 1.67. The number of ether oxygens (including phenoxy) is 3. The fourth-order valence-corrected chi connectivity index (χ4v) is 3.99. The van der Waals surface area contributed by atoms with Gasteiger partial charge in [0.05, 0.1) is 42.1 Å². The van der Waals surface area contributed by atoms with Crippen LogP contribution in [0.25, 0.3) is 21.9 Å². The van der Waals surface area contributed by atoms with Gasteiger partial charge in [0, 0.05) is 0 Å². The molecule has 0 radical (unpaired) electrons. The van der Waals surface area contributed by atoms with Crippen LogP contribution in [0.4, 0.5) is 5.69 Å². The Balaban J connectivity index is 2.01. The molecule has 0 N–H and O–H groups in total. The maximum atomic E-state index is 6.09. The summed E-state index contributed by atoms with van der Waals surface area (Å²) >= 11 is 0. The summed E-state index contributed by atoms with van der Waals surface area (Å²) in [5.74, 6) is 4.04. The van der Waals surface area contributed by atoms with Crippen molar-refractivity contribution in [2.24, 2.45) is 4.99 Å². The van der Waals surface area contributed by atoms with Gasteiger partial charge in [-0.1, -0.05) is 12.1 Å². The molecule has 0 bridgehead atoms. The second-order valence-corrected chi connectivity index (χ2v) is 7.66. The first-order valence-corrected chi connectivity index (χ1v) is 11.2. The normalized spacial score (nSPS) is 11.6. The van der Waals surface area contributed by atoms with Gasteiger partial charge in [-0.25, -0.2) is 4.99 Å². The van der Waals surface area contributed by atoms with Crippen LogP contribution in [0.1, 0.15) is 25.4 Å². The predicted molar refractivity (Wildman–Crippen MR) is 132 cm³/mol. The van der Waals surface area contributed by atoms with Crippen molar-refractivity contribution in [3.63, 3.8) is 0 Å². The molecular formula is C28H29NO4. The Morgan fingerprint density at radius 3 is 2.00 bits per heavy atom. The summed E-state index contributed by atoms with van der Waals surface area (Å²) < 4.78 is 23.0. The number of hydrogen-bond acceptors (Lipinski definition) is 5. The highest BCUT2D eigenvalue weighted by atomic mass is 16.5. The minimum Gasteiger partial charge on any atom is -0.497 e. The van der Waals surface area contributed by atoms with Gasteiger partial charge in [-0.05, 0) is 87.4 Å². The van der Waals surface area contributed by atoms with Crippen molar-refractivity contribution in [1.82, 2.24) is 0 Å². The average molecular weight is 444 g/mol. The zero-order valence-corrected chi connectivity index (χ0v) is 19.8. The van der Waals surface area contributed by atoms with E-state index in [4.69, 9.17) is 23.6 Å². The van der Waals surface area contributed by atoms with Crippen molar-refractivity contribution in [3.8, 4) is 28.4 Å². The molecule has 1 heterocycles. The third-order valence-electron chi connectivity index (χ3n) is 5.46. The molecular weight excluding hydrogens is 414 g/mol. The van der Waals surface area contributed by atoms with E-state index in [9.17, 15) is 0 Å². The van der Waals surface area contributed by atoms with Gasteiger partial charge in [-0.2, -0.15) is 0 Å². The van der Waals surface area contributed by atoms with Crippen molar-refractivity contribution in [2.75, 3.05) is 20.3 Å². The third kappa shape index (κ3) is 4.72. The van der Waals surface area contributed by atoms with Crippen molar-refractivity contribution in [1.29, 1.82) is 0 Å². The summed E-state index contributed by atoms with van der Waals surface area (Å²) in [5, 5.41) is 2.71. The minimum atomic E-state index is 0.552. The third-order valence-corrected chi connectivity index (χ3v) is 5.46. The van der Waals surface area contributed by atoms with E-state index in [1.165, 1.54) is 0 Å². The molecule has 3 aromatic carbocycles. The lowest BCUT2D eigenvalue weighted by Gasteiger charge is -2.05. The summed E-state index contributed by atoms with van der Waals surface area (Å²) in [4.78, 5) is 5.01. The largest absolute Gasteiger partial charge is 0.497 e. The molecule has 4 aromatic rings. The molecule has 33 heavy (non-hydrogen) atoms. The van der Waals surface area contributed by atoms with Crippen molar-refractivity contribution < 1.29 is 18.6 Å². The molecule has 5 nitrogen and oxygen atoms in total. The molecule has 0 aliphatic rings. The first-order valence-electron chi connectivity index (χ1n) is 11.2. The lowest BCUT2D eigenvalue weighted by molar-refractivity contribution is 0.340. The van der Waals surface area contributed by atoms with E-state index in [0.717, 1.165) is 61.7 Å². The zero-order valence-electron chi connectivity index (χ0n) is 19.8. The standard InChI is InChI=1S/C28H29NO4/c1-6-31-24-14-10-22(11-15-24)29-25-16-21(20-8-12-23(30-5)13-9-20)17-26(32-7-2)28-19(4)33-18(3)27(25)28/h8-17H,6-7H2,1-5H3. The van der Waals surface area contributed by atoms with Gasteiger partial charge in [-0.15, -0.1) is 0 Å². The molecule has 0 saturated heterocycles. The second-order valence-electron chi connectivity index (χ2n) is 7.66. The molecule has 0 amide bonds. The number of rotatable bonds is 7. The molecule has 0 aliphatic carbocycles. The van der Waals surface area contributed by atoms with E-state index in [-0.39, 0.29) is 0 Å². The van der Waals surface area contributed by atoms with E-state index in [1.807, 2.05) is 76.2 Å². The summed E-state index contributed by atoms with van der Waals surface area (Å²) in [6, 6.07) is 19.9. The Morgan fingerprint density at radius 1 is 0.727 bits per heavy atom. The monoisotopic (exact) mass is 443 g/mol. The highest BCUT2D eigenvalue weighted by Gasteiger charge is 2.15. The smallest absolute Gasteiger partial charge is 0.131 e. The number of aryl methyl sites for hydroxylation is 2. The summed E-state index contributed by atoms with van der Waals surface area (Å²) in [6.07, 6.45) is 0. The number of benzene rings is 2. The maximum Gasteiger partial charge on any atom is 0.131 e. The predicted octanol–water partition coefficient (Wildman–Crippen LogP) is 6.76. The lowest BCUT2D eigenvalue weighted by Crippen LogP contribution is -2.00. The molecule has 0 spiro atoms. The number of hydrogen-bond donors (Lipinski definition) is 0. The fourth-order valence-electron chi connectivity index (χ4n) is 3.99. The molecule has 0 unspecified atom stereocenters. The van der Waals surface area contributed by atoms with Gasteiger partial charge >= 0.3 is 0 Å². The van der Waals surface area contributed by atoms with Crippen molar-refractivity contribution in [2.45, 2.75) is 27.7 Å². The maximum absolute atomic E-state index is 6.09. The van der Waals surface area contributed by atoms with Gasteiger partial charge in [0.2, 0.25) is 0 Å². The Hall–Kier alpha value is -3.73. The number of nitrogens with zero attached hydrogens (tertiary/aromatic N) is 1. The van der Waals surface area contributed by atoms with Gasteiger partial charge in [-0.3, -0.25) is 0 Å². The Kier molecular flexibility index (Phi) is 6.68. The fraction of sp³-hybridized carbons (Fsp3) is 0.250. The Morgan fingerprint density at radius 2 is 1.36 bits per heavy atom. The van der Waals surface area contributed by atoms with Crippen LogP contribution in [-0.4, -0.2) is 20.3 Å². The van der Waals surface area contributed by atoms with Crippen molar-refractivity contribution in [3.05, 3.63) is 77.5 Å². The van der Waals surface area contributed by atoms with Crippen LogP contribution in [-0.2, 0) is 0 Å². The number of methoxy groups -OCH3 is 1. The Bertz CT molecular complexity index is 1320. The van der Waals surface area contributed by atoms with Crippen LogP contribution in [0.3, 0.4) is 0 Å². The molecule has 0 atom stereocenters. The number of fused-ring (bicyclic) bond motifs is 1. The highest BCUT2D eigenvalue weighted by Crippen LogP contribution is 2.34. The van der Waals surface area contributed by atoms with Gasteiger partial charge in [0.25, 0.3) is 0 Å². The second kappa shape index (κ2) is 9.82. The van der Waals surface area contributed by atoms with E-state index < -0.39 is 0 Å². The van der Waals surface area contributed by atoms with Crippen LogP contribution in [0.15, 0.2) is 70.1 Å². The van der Waals surface area contributed by atoms with Crippen LogP contribution in [0, 0.1) is 13.8 Å². The van der Waals surface area contributed by atoms with Gasteiger partial charge in [0.15, 0.2) is 0 Å². The number of furan rings is 1.